The quantitative estimate of drug-likeness (QED) is 0.378. The molecule has 0 spiro atoms. The molecule has 1 fully saturated rings. The molecule has 0 saturated carbocycles. The van der Waals surface area contributed by atoms with Crippen LogP contribution < -0.4 is 10.7 Å². The Labute approximate surface area is 218 Å². The van der Waals surface area contributed by atoms with Crippen molar-refractivity contribution in [3.63, 3.8) is 0 Å². The molecule has 1 aliphatic rings. The summed E-state index contributed by atoms with van der Waals surface area (Å²) < 4.78 is 1.84. The molecule has 0 aliphatic carbocycles. The third-order valence-electron chi connectivity index (χ3n) is 6.67. The van der Waals surface area contributed by atoms with E-state index in [2.05, 4.69) is 15.2 Å². The van der Waals surface area contributed by atoms with Crippen LogP contribution >= 0.6 is 22.9 Å². The molecule has 186 valence electrons. The number of aliphatic hydroxyl groups excluding tert-OH is 1. The molecule has 2 atom stereocenters. The van der Waals surface area contributed by atoms with E-state index in [1.54, 1.807) is 42.1 Å². The van der Waals surface area contributed by atoms with Crippen molar-refractivity contribution < 1.29 is 9.90 Å². The zero-order valence-corrected chi connectivity index (χ0v) is 21.4. The van der Waals surface area contributed by atoms with Gasteiger partial charge in [-0.1, -0.05) is 29.8 Å². The van der Waals surface area contributed by atoms with E-state index in [0.717, 1.165) is 40.2 Å². The molecular weight excluding hydrogens is 496 g/mol. The number of thiophene rings is 1. The van der Waals surface area contributed by atoms with E-state index in [9.17, 15) is 14.7 Å². The fraction of sp³-hybridized carbons (Fsp3) is 0.296. The van der Waals surface area contributed by atoms with Crippen molar-refractivity contribution in [2.75, 3.05) is 6.54 Å². The van der Waals surface area contributed by atoms with Gasteiger partial charge >= 0.3 is 0 Å². The second-order valence-corrected chi connectivity index (χ2v) is 10.7. The van der Waals surface area contributed by atoms with Gasteiger partial charge in [0, 0.05) is 60.2 Å². The van der Waals surface area contributed by atoms with Crippen molar-refractivity contribution in [1.82, 2.24) is 19.8 Å². The topological polar surface area (TPSA) is 87.5 Å². The van der Waals surface area contributed by atoms with Crippen molar-refractivity contribution >= 4 is 39.1 Å². The van der Waals surface area contributed by atoms with Crippen molar-refractivity contribution in [3.05, 3.63) is 97.9 Å². The number of carbonyl (C=O) groups excluding carboxylic acids is 1. The fourth-order valence-electron chi connectivity index (χ4n) is 4.81. The predicted octanol–water partition coefficient (Wildman–Crippen LogP) is 4.28. The summed E-state index contributed by atoms with van der Waals surface area (Å²) in [6, 6.07) is 12.8. The van der Waals surface area contributed by atoms with Crippen LogP contribution in [0.2, 0.25) is 5.02 Å². The van der Waals surface area contributed by atoms with Gasteiger partial charge < -0.3 is 15.0 Å². The Morgan fingerprint density at radius 3 is 2.86 bits per heavy atom. The summed E-state index contributed by atoms with van der Waals surface area (Å²) in [7, 11) is 1.85. The van der Waals surface area contributed by atoms with Crippen LogP contribution in [0, 0.1) is 0 Å². The average molecular weight is 523 g/mol. The molecule has 36 heavy (non-hydrogen) atoms. The Morgan fingerprint density at radius 1 is 1.31 bits per heavy atom. The molecule has 0 bridgehead atoms. The monoisotopic (exact) mass is 522 g/mol. The summed E-state index contributed by atoms with van der Waals surface area (Å²) in [5.41, 5.74) is 1.56. The predicted molar refractivity (Wildman–Crippen MR) is 142 cm³/mol. The van der Waals surface area contributed by atoms with Gasteiger partial charge in [-0.2, -0.15) is 0 Å². The largest absolute Gasteiger partial charge is 0.387 e. The first-order valence-electron chi connectivity index (χ1n) is 11.9. The first-order valence-corrected chi connectivity index (χ1v) is 13.1. The molecule has 1 aliphatic heterocycles. The van der Waals surface area contributed by atoms with E-state index in [1.165, 1.54) is 0 Å². The van der Waals surface area contributed by atoms with Gasteiger partial charge in [-0.3, -0.25) is 19.5 Å². The Morgan fingerprint density at radius 2 is 2.11 bits per heavy atom. The Hall–Kier alpha value is -3.04. The van der Waals surface area contributed by atoms with Gasteiger partial charge in [0.05, 0.1) is 11.5 Å². The minimum atomic E-state index is -0.613. The number of amides is 1. The lowest BCUT2D eigenvalue weighted by Crippen LogP contribution is -2.33. The Bertz CT molecular complexity index is 1440. The van der Waals surface area contributed by atoms with Crippen LogP contribution in [0.3, 0.4) is 0 Å². The second kappa shape index (κ2) is 10.5. The molecule has 4 heterocycles. The SMILES string of the molecule is Cn1cc(C(=O)NCc2ccc(Cl)cc2)c(=O)c2cc(CN3CCC[C@@H]3C(O)c3cccnc3)sc21. The zero-order valence-electron chi connectivity index (χ0n) is 19.9. The number of nitrogens with one attached hydrogen (secondary N) is 1. The molecule has 0 radical (unpaired) electrons. The van der Waals surface area contributed by atoms with Crippen LogP contribution in [0.25, 0.3) is 10.2 Å². The van der Waals surface area contributed by atoms with Gasteiger partial charge in [0.2, 0.25) is 5.43 Å². The van der Waals surface area contributed by atoms with Gasteiger partial charge in [-0.15, -0.1) is 11.3 Å². The lowest BCUT2D eigenvalue weighted by Gasteiger charge is -2.28. The van der Waals surface area contributed by atoms with E-state index >= 15 is 0 Å². The summed E-state index contributed by atoms with van der Waals surface area (Å²) in [4.78, 5) is 34.4. The van der Waals surface area contributed by atoms with Gasteiger partial charge in [-0.05, 0) is 49.2 Å². The van der Waals surface area contributed by atoms with Gasteiger partial charge in [0.25, 0.3) is 5.91 Å². The lowest BCUT2D eigenvalue weighted by atomic mass is 10.0. The molecule has 2 N–H and O–H groups in total. The number of likely N-dealkylation sites (tertiary alicyclic amines) is 1. The number of hydrogen-bond acceptors (Lipinski definition) is 6. The number of fused-ring (bicyclic) bond motifs is 1. The van der Waals surface area contributed by atoms with Gasteiger partial charge in [0.1, 0.15) is 10.4 Å². The van der Waals surface area contributed by atoms with Crippen LogP contribution in [0.5, 0.6) is 0 Å². The zero-order chi connectivity index (χ0) is 25.2. The summed E-state index contributed by atoms with van der Waals surface area (Å²) in [6.45, 7) is 1.82. The molecule has 1 amide bonds. The molecule has 1 unspecified atom stereocenters. The number of pyridine rings is 2. The first kappa shape index (κ1) is 24.6. The van der Waals surface area contributed by atoms with E-state index < -0.39 is 12.0 Å². The molecule has 7 nitrogen and oxygen atoms in total. The molecule has 4 aromatic rings. The highest BCUT2D eigenvalue weighted by Gasteiger charge is 2.32. The number of aliphatic hydroxyl groups is 1. The standard InChI is InChI=1S/C27H27ClN4O3S/c1-31-16-22(26(35)30-13-17-6-8-19(28)9-7-17)25(34)21-12-20(36-27(21)31)15-32-11-3-5-23(32)24(33)18-4-2-10-29-14-18/h2,4,6-10,12,14,16,23-24,33H,3,5,11,13,15H2,1H3,(H,30,35)/t23-,24?/m1/s1. The minimum Gasteiger partial charge on any atom is -0.387 e. The summed E-state index contributed by atoms with van der Waals surface area (Å²) >= 11 is 7.47. The van der Waals surface area contributed by atoms with Gasteiger partial charge in [0.15, 0.2) is 0 Å². The first-order chi connectivity index (χ1) is 17.4. The highest BCUT2D eigenvalue weighted by atomic mass is 35.5. The summed E-state index contributed by atoms with van der Waals surface area (Å²) in [5.74, 6) is -0.403. The van der Waals surface area contributed by atoms with Crippen LogP contribution in [0.4, 0.5) is 0 Å². The maximum absolute atomic E-state index is 13.2. The van der Waals surface area contributed by atoms with Crippen LogP contribution in [0.1, 0.15) is 45.3 Å². The lowest BCUT2D eigenvalue weighted by molar-refractivity contribution is 0.0691. The smallest absolute Gasteiger partial charge is 0.257 e. The third kappa shape index (κ3) is 5.08. The number of aromatic nitrogens is 2. The number of rotatable bonds is 7. The van der Waals surface area contributed by atoms with E-state index in [4.69, 9.17) is 11.6 Å². The van der Waals surface area contributed by atoms with Gasteiger partial charge in [-0.25, -0.2) is 0 Å². The van der Waals surface area contributed by atoms with Crippen molar-refractivity contribution in [3.8, 4) is 0 Å². The normalized spacial score (nSPS) is 16.9. The molecule has 1 aromatic carbocycles. The number of carbonyl (C=O) groups is 1. The highest BCUT2D eigenvalue weighted by Crippen LogP contribution is 2.32. The van der Waals surface area contributed by atoms with Crippen LogP contribution in [-0.2, 0) is 20.1 Å². The number of aryl methyl sites for hydroxylation is 1. The number of halogens is 1. The highest BCUT2D eigenvalue weighted by molar-refractivity contribution is 7.18. The van der Waals surface area contributed by atoms with Crippen molar-refractivity contribution in [1.29, 1.82) is 0 Å². The van der Waals surface area contributed by atoms with Crippen molar-refractivity contribution in [2.24, 2.45) is 7.05 Å². The molecule has 1 saturated heterocycles. The van der Waals surface area contributed by atoms with Crippen molar-refractivity contribution in [2.45, 2.75) is 38.1 Å². The molecular formula is C27H27ClN4O3S. The number of benzene rings is 1. The molecule has 9 heteroatoms. The maximum Gasteiger partial charge on any atom is 0.257 e. The fourth-order valence-corrected chi connectivity index (χ4v) is 6.05. The number of hydrogen-bond donors (Lipinski definition) is 2. The number of nitrogens with zero attached hydrogens (tertiary/aromatic N) is 3. The third-order valence-corrected chi connectivity index (χ3v) is 8.13. The van der Waals surface area contributed by atoms with Crippen LogP contribution in [0.15, 0.2) is 65.8 Å². The average Bonchev–Trinajstić information content (AvgIpc) is 3.54. The van der Waals surface area contributed by atoms with Crippen LogP contribution in [-0.4, -0.2) is 38.1 Å². The minimum absolute atomic E-state index is 0.00547. The van der Waals surface area contributed by atoms with E-state index in [1.807, 2.05) is 41.9 Å². The Kier molecular flexibility index (Phi) is 7.20. The maximum atomic E-state index is 13.2. The molecule has 3 aromatic heterocycles. The Balaban J connectivity index is 1.34. The second-order valence-electron chi connectivity index (χ2n) is 9.13. The summed E-state index contributed by atoms with van der Waals surface area (Å²) in [6.07, 6.45) is 6.31. The van der Waals surface area contributed by atoms with E-state index in [-0.39, 0.29) is 17.0 Å². The molecule has 5 rings (SSSR count). The summed E-state index contributed by atoms with van der Waals surface area (Å²) in [5, 5.41) is 15.0. The van der Waals surface area contributed by atoms with E-state index in [0.29, 0.717) is 23.5 Å².